The number of carbonyl (C=O) groups excluding carboxylic acids is 1. The third-order valence-electron chi connectivity index (χ3n) is 2.39. The van der Waals surface area contributed by atoms with Gasteiger partial charge in [0.1, 0.15) is 12.3 Å². The molecule has 6 heteroatoms. The molecule has 0 heterocycles. The zero-order valence-corrected chi connectivity index (χ0v) is 10.5. The van der Waals surface area contributed by atoms with Gasteiger partial charge < -0.3 is 20.5 Å². The van der Waals surface area contributed by atoms with Crippen LogP contribution in [0.15, 0.2) is 12.1 Å². The van der Waals surface area contributed by atoms with Gasteiger partial charge in [0.05, 0.1) is 7.11 Å². The Bertz CT molecular complexity index is 471. The van der Waals surface area contributed by atoms with Crippen molar-refractivity contribution >= 4 is 17.7 Å². The molecular formula is C12H16N2O4. The second-order valence-electron chi connectivity index (χ2n) is 3.84. The highest BCUT2D eigenvalue weighted by atomic mass is 16.5. The fourth-order valence-electron chi connectivity index (χ4n) is 1.47. The number of methoxy groups -OCH3 is 1. The van der Waals surface area contributed by atoms with Gasteiger partial charge in [-0.2, -0.15) is 0 Å². The minimum atomic E-state index is -1.09. The number of carboxylic acid groups (broad SMARTS) is 1. The van der Waals surface area contributed by atoms with Gasteiger partial charge in [-0.05, 0) is 37.1 Å². The van der Waals surface area contributed by atoms with E-state index in [1.807, 2.05) is 19.9 Å². The highest BCUT2D eigenvalue weighted by Crippen LogP contribution is 2.25. The van der Waals surface area contributed by atoms with E-state index in [-0.39, 0.29) is 0 Å². The maximum atomic E-state index is 11.4. The summed E-state index contributed by atoms with van der Waals surface area (Å²) in [4.78, 5) is 21.7. The topological polar surface area (TPSA) is 87.7 Å². The number of aryl methyl sites for hydroxylation is 2. The molecule has 0 aliphatic rings. The van der Waals surface area contributed by atoms with E-state index >= 15 is 0 Å². The lowest BCUT2D eigenvalue weighted by Gasteiger charge is -2.12. The second kappa shape index (κ2) is 5.90. The van der Waals surface area contributed by atoms with Crippen LogP contribution in [0.4, 0.5) is 10.5 Å². The van der Waals surface area contributed by atoms with Gasteiger partial charge in [-0.25, -0.2) is 4.79 Å². The van der Waals surface area contributed by atoms with Gasteiger partial charge in [0, 0.05) is 5.69 Å². The van der Waals surface area contributed by atoms with Crippen LogP contribution in [-0.4, -0.2) is 30.8 Å². The smallest absolute Gasteiger partial charge is 0.323 e. The van der Waals surface area contributed by atoms with Gasteiger partial charge in [0.2, 0.25) is 0 Å². The van der Waals surface area contributed by atoms with Crippen molar-refractivity contribution < 1.29 is 19.4 Å². The van der Waals surface area contributed by atoms with Crippen LogP contribution in [0.3, 0.4) is 0 Å². The Labute approximate surface area is 105 Å². The van der Waals surface area contributed by atoms with Gasteiger partial charge in [-0.3, -0.25) is 4.79 Å². The average molecular weight is 252 g/mol. The predicted molar refractivity (Wildman–Crippen MR) is 67.1 cm³/mol. The van der Waals surface area contributed by atoms with E-state index in [0.29, 0.717) is 5.69 Å². The van der Waals surface area contributed by atoms with Gasteiger partial charge in [-0.1, -0.05) is 0 Å². The predicted octanol–water partition coefficient (Wildman–Crippen LogP) is 1.52. The summed E-state index contributed by atoms with van der Waals surface area (Å²) in [5, 5.41) is 13.3. The number of anilines is 1. The summed E-state index contributed by atoms with van der Waals surface area (Å²) in [6.45, 7) is 3.27. The standard InChI is InChI=1S/C12H16N2O4/c1-7-5-10(18-3)8(2)4-9(7)14-12(17)13-6-11(15)16/h4-5H,6H2,1-3H3,(H,15,16)(H2,13,14,17). The van der Waals surface area contributed by atoms with Gasteiger partial charge in [0.25, 0.3) is 0 Å². The molecule has 0 aromatic heterocycles. The quantitative estimate of drug-likeness (QED) is 0.758. The molecule has 0 aliphatic heterocycles. The van der Waals surface area contributed by atoms with Crippen LogP contribution in [-0.2, 0) is 4.79 Å². The number of hydrogen-bond donors (Lipinski definition) is 3. The van der Waals surface area contributed by atoms with Gasteiger partial charge in [0.15, 0.2) is 0 Å². The first-order chi connectivity index (χ1) is 8.43. The normalized spacial score (nSPS) is 9.72. The number of amides is 2. The Hall–Kier alpha value is -2.24. The average Bonchev–Trinajstić information content (AvgIpc) is 2.30. The van der Waals surface area contributed by atoms with Crippen LogP contribution >= 0.6 is 0 Å². The van der Waals surface area contributed by atoms with E-state index < -0.39 is 18.5 Å². The van der Waals surface area contributed by atoms with Crippen molar-refractivity contribution in [2.75, 3.05) is 19.0 Å². The maximum absolute atomic E-state index is 11.4. The van der Waals surface area contributed by atoms with Crippen LogP contribution in [0, 0.1) is 13.8 Å². The first kappa shape index (κ1) is 13.8. The number of carbonyl (C=O) groups is 2. The Kier molecular flexibility index (Phi) is 4.53. The second-order valence-corrected chi connectivity index (χ2v) is 3.84. The van der Waals surface area contributed by atoms with E-state index in [0.717, 1.165) is 16.9 Å². The lowest BCUT2D eigenvalue weighted by molar-refractivity contribution is -0.135. The zero-order chi connectivity index (χ0) is 13.7. The van der Waals surface area contributed by atoms with Crippen LogP contribution in [0.1, 0.15) is 11.1 Å². The van der Waals surface area contributed by atoms with Crippen molar-refractivity contribution in [2.45, 2.75) is 13.8 Å². The molecular weight excluding hydrogens is 236 g/mol. The summed E-state index contributed by atoms with van der Waals surface area (Å²) in [6, 6.07) is 3.03. The number of nitrogens with one attached hydrogen (secondary N) is 2. The molecule has 18 heavy (non-hydrogen) atoms. The number of rotatable bonds is 4. The molecule has 0 fully saturated rings. The molecule has 0 radical (unpaired) electrons. The minimum Gasteiger partial charge on any atom is -0.496 e. The Balaban J connectivity index is 2.76. The monoisotopic (exact) mass is 252 g/mol. The van der Waals surface area contributed by atoms with Crippen LogP contribution in [0.5, 0.6) is 5.75 Å². The molecule has 0 bridgehead atoms. The molecule has 0 saturated carbocycles. The minimum absolute atomic E-state index is 0.417. The highest BCUT2D eigenvalue weighted by molar-refractivity contribution is 5.92. The van der Waals surface area contributed by atoms with Crippen LogP contribution in [0.2, 0.25) is 0 Å². The molecule has 6 nitrogen and oxygen atoms in total. The number of benzene rings is 1. The first-order valence-electron chi connectivity index (χ1n) is 5.36. The summed E-state index contributed by atoms with van der Waals surface area (Å²) >= 11 is 0. The summed E-state index contributed by atoms with van der Waals surface area (Å²) in [5.41, 5.74) is 2.34. The maximum Gasteiger partial charge on any atom is 0.323 e. The third-order valence-corrected chi connectivity index (χ3v) is 2.39. The van der Waals surface area contributed by atoms with E-state index in [1.165, 1.54) is 0 Å². The number of aliphatic carboxylic acids is 1. The van der Waals surface area contributed by atoms with Crippen LogP contribution < -0.4 is 15.4 Å². The van der Waals surface area contributed by atoms with Crippen molar-refractivity contribution in [2.24, 2.45) is 0 Å². The van der Waals surface area contributed by atoms with Crippen molar-refractivity contribution in [3.05, 3.63) is 23.3 Å². The fraction of sp³-hybridized carbons (Fsp3) is 0.333. The molecule has 2 amide bonds. The molecule has 0 unspecified atom stereocenters. The number of hydrogen-bond acceptors (Lipinski definition) is 3. The van der Waals surface area contributed by atoms with Gasteiger partial charge >= 0.3 is 12.0 Å². The molecule has 0 atom stereocenters. The van der Waals surface area contributed by atoms with E-state index in [9.17, 15) is 9.59 Å². The number of ether oxygens (including phenoxy) is 1. The molecule has 3 N–H and O–H groups in total. The Morgan fingerprint density at radius 3 is 2.50 bits per heavy atom. The molecule has 98 valence electrons. The lowest BCUT2D eigenvalue weighted by Crippen LogP contribution is -2.33. The SMILES string of the molecule is COc1cc(C)c(NC(=O)NCC(=O)O)cc1C. The van der Waals surface area contributed by atoms with E-state index in [4.69, 9.17) is 9.84 Å². The largest absolute Gasteiger partial charge is 0.496 e. The summed E-state index contributed by atoms with van der Waals surface area (Å²) < 4.78 is 5.16. The first-order valence-corrected chi connectivity index (χ1v) is 5.36. The lowest BCUT2D eigenvalue weighted by atomic mass is 10.1. The van der Waals surface area contributed by atoms with Crippen molar-refractivity contribution in [3.63, 3.8) is 0 Å². The molecule has 1 aromatic rings. The molecule has 1 aromatic carbocycles. The number of carboxylic acids is 1. The third kappa shape index (κ3) is 3.65. The van der Waals surface area contributed by atoms with Crippen molar-refractivity contribution in [1.29, 1.82) is 0 Å². The fourth-order valence-corrected chi connectivity index (χ4v) is 1.47. The number of urea groups is 1. The summed E-state index contributed by atoms with van der Waals surface area (Å²) in [6.07, 6.45) is 0. The van der Waals surface area contributed by atoms with Gasteiger partial charge in [-0.15, -0.1) is 0 Å². The summed E-state index contributed by atoms with van der Waals surface area (Å²) in [7, 11) is 1.58. The summed E-state index contributed by atoms with van der Waals surface area (Å²) in [5.74, 6) is -0.350. The van der Waals surface area contributed by atoms with E-state index in [1.54, 1.807) is 13.2 Å². The van der Waals surface area contributed by atoms with Crippen molar-refractivity contribution in [3.8, 4) is 5.75 Å². The highest BCUT2D eigenvalue weighted by Gasteiger charge is 2.08. The Morgan fingerprint density at radius 2 is 1.94 bits per heavy atom. The molecule has 0 spiro atoms. The van der Waals surface area contributed by atoms with Crippen LogP contribution in [0.25, 0.3) is 0 Å². The molecule has 0 saturated heterocycles. The Morgan fingerprint density at radius 1 is 1.28 bits per heavy atom. The molecule has 0 aliphatic carbocycles. The van der Waals surface area contributed by atoms with Crippen molar-refractivity contribution in [1.82, 2.24) is 5.32 Å². The zero-order valence-electron chi connectivity index (χ0n) is 10.5. The van der Waals surface area contributed by atoms with E-state index in [2.05, 4.69) is 10.6 Å². The molecule has 1 rings (SSSR count).